The topological polar surface area (TPSA) is 81.6 Å². The Morgan fingerprint density at radius 3 is 2.25 bits per heavy atom. The Morgan fingerprint density at radius 1 is 0.938 bits per heavy atom. The van der Waals surface area contributed by atoms with Crippen molar-refractivity contribution in [2.45, 2.75) is 12.8 Å². The predicted octanol–water partition coefficient (Wildman–Crippen LogP) is 0.932. The Bertz CT molecular complexity index is 1160. The molecule has 3 aromatic carbocycles. The van der Waals surface area contributed by atoms with Crippen LogP contribution in [-0.4, -0.2) is 17.0 Å². The van der Waals surface area contributed by atoms with Crippen molar-refractivity contribution in [2.24, 2.45) is 4.99 Å². The first kappa shape index (κ1) is 24.0. The van der Waals surface area contributed by atoms with Gasteiger partial charge in [0.05, 0.1) is 10.6 Å². The van der Waals surface area contributed by atoms with Crippen molar-refractivity contribution in [3.05, 3.63) is 94.9 Å². The first-order valence-corrected chi connectivity index (χ1v) is 10.6. The second-order valence-electron chi connectivity index (χ2n) is 7.01. The number of nitrogens with zero attached hydrogens (tertiary/aromatic N) is 1. The number of aryl methyl sites for hydroxylation is 1. The maximum atomic E-state index is 12.3. The van der Waals surface area contributed by atoms with Crippen molar-refractivity contribution in [3.8, 4) is 11.1 Å². The molecule has 1 N–H and O–H groups in total. The molecular formula is C25H19N2NaO3S. The molecule has 0 atom stereocenters. The molecule has 0 saturated carbocycles. The minimum absolute atomic E-state index is 0. The van der Waals surface area contributed by atoms with Gasteiger partial charge in [-0.05, 0) is 65.1 Å². The maximum absolute atomic E-state index is 12.3. The summed E-state index contributed by atoms with van der Waals surface area (Å²) in [5, 5.41) is 13.9. The molecule has 5 nitrogen and oxygen atoms in total. The van der Waals surface area contributed by atoms with E-state index in [1.807, 2.05) is 60.7 Å². The average Bonchev–Trinajstić information content (AvgIpc) is 3.13. The number of carboxylic acids is 1. The molecule has 0 unspecified atom stereocenters. The molecule has 0 bridgehead atoms. The number of hydrogen-bond acceptors (Lipinski definition) is 5. The van der Waals surface area contributed by atoms with E-state index in [0.29, 0.717) is 22.2 Å². The van der Waals surface area contributed by atoms with Crippen molar-refractivity contribution in [2.75, 3.05) is 0 Å². The predicted molar refractivity (Wildman–Crippen MR) is 122 cm³/mol. The molecule has 0 aromatic heterocycles. The summed E-state index contributed by atoms with van der Waals surface area (Å²) in [6.45, 7) is 0. The van der Waals surface area contributed by atoms with E-state index in [2.05, 4.69) is 22.4 Å². The van der Waals surface area contributed by atoms with Gasteiger partial charge in [0.2, 0.25) is 0 Å². The summed E-state index contributed by atoms with van der Waals surface area (Å²) in [7, 11) is 0. The maximum Gasteiger partial charge on any atom is 1.00 e. The number of amides is 1. The first-order chi connectivity index (χ1) is 15.1. The number of carbonyl (C=O) groups excluding carboxylic acids is 2. The van der Waals surface area contributed by atoms with E-state index < -0.39 is 5.97 Å². The summed E-state index contributed by atoms with van der Waals surface area (Å²) >= 11 is 1.29. The van der Waals surface area contributed by atoms with Gasteiger partial charge in [-0.3, -0.25) is 4.79 Å². The normalized spacial score (nSPS) is 15.4. The molecule has 7 heteroatoms. The van der Waals surface area contributed by atoms with Gasteiger partial charge in [-0.1, -0.05) is 66.7 Å². The third kappa shape index (κ3) is 6.43. The molecular weight excluding hydrogens is 431 g/mol. The summed E-state index contributed by atoms with van der Waals surface area (Å²) in [5.41, 5.74) is 4.80. The van der Waals surface area contributed by atoms with Crippen LogP contribution in [0.15, 0.2) is 88.8 Å². The number of thioether (sulfide) groups is 1. The SMILES string of the molecule is O=C([O-])CCc1ccc(N=C2NC(=O)C(=Cc3ccc(-c4ccccc4)cc3)S2)cc1.[Na+]. The van der Waals surface area contributed by atoms with Gasteiger partial charge in [-0.25, -0.2) is 4.99 Å². The molecule has 0 aliphatic carbocycles. The monoisotopic (exact) mass is 450 g/mol. The van der Waals surface area contributed by atoms with Crippen LogP contribution in [-0.2, 0) is 16.0 Å². The van der Waals surface area contributed by atoms with Gasteiger partial charge in [-0.15, -0.1) is 0 Å². The number of carbonyl (C=O) groups is 2. The zero-order valence-electron chi connectivity index (χ0n) is 17.6. The Kier molecular flexibility index (Phi) is 8.47. The van der Waals surface area contributed by atoms with Crippen LogP contribution in [0, 0.1) is 0 Å². The third-order valence-corrected chi connectivity index (χ3v) is 5.66. The van der Waals surface area contributed by atoms with E-state index in [9.17, 15) is 14.7 Å². The number of aliphatic imine (C=N–C) groups is 1. The number of amidine groups is 1. The van der Waals surface area contributed by atoms with E-state index in [-0.39, 0.29) is 41.9 Å². The van der Waals surface area contributed by atoms with Crippen LogP contribution in [0.5, 0.6) is 0 Å². The largest absolute Gasteiger partial charge is 1.00 e. The van der Waals surface area contributed by atoms with Crippen LogP contribution in [0.25, 0.3) is 17.2 Å². The molecule has 1 amide bonds. The van der Waals surface area contributed by atoms with E-state index >= 15 is 0 Å². The minimum atomic E-state index is -1.07. The zero-order chi connectivity index (χ0) is 21.6. The van der Waals surface area contributed by atoms with Crippen molar-refractivity contribution in [1.82, 2.24) is 5.32 Å². The fourth-order valence-electron chi connectivity index (χ4n) is 3.14. The van der Waals surface area contributed by atoms with Gasteiger partial charge in [0.15, 0.2) is 5.17 Å². The first-order valence-electron chi connectivity index (χ1n) is 9.81. The molecule has 0 spiro atoms. The van der Waals surface area contributed by atoms with E-state index in [0.717, 1.165) is 22.3 Å². The van der Waals surface area contributed by atoms with Crippen molar-refractivity contribution in [3.63, 3.8) is 0 Å². The number of nitrogens with one attached hydrogen (secondary N) is 1. The third-order valence-electron chi connectivity index (χ3n) is 4.75. The van der Waals surface area contributed by atoms with Gasteiger partial charge < -0.3 is 15.2 Å². The fourth-order valence-corrected chi connectivity index (χ4v) is 3.98. The molecule has 0 radical (unpaired) electrons. The second-order valence-corrected chi connectivity index (χ2v) is 8.04. The van der Waals surface area contributed by atoms with E-state index in [4.69, 9.17) is 0 Å². The van der Waals surface area contributed by atoms with Crippen molar-refractivity contribution in [1.29, 1.82) is 0 Å². The Labute approximate surface area is 213 Å². The number of rotatable bonds is 6. The fraction of sp³-hybridized carbons (Fsp3) is 0.0800. The Hall–Kier alpha value is -2.64. The smallest absolute Gasteiger partial charge is 0.550 e. The summed E-state index contributed by atoms with van der Waals surface area (Å²) in [4.78, 5) is 27.9. The van der Waals surface area contributed by atoms with Crippen LogP contribution in [0.3, 0.4) is 0 Å². The quantitative estimate of drug-likeness (QED) is 0.448. The molecule has 4 rings (SSSR count). The van der Waals surface area contributed by atoms with E-state index in [1.165, 1.54) is 11.8 Å². The van der Waals surface area contributed by atoms with Gasteiger partial charge in [-0.2, -0.15) is 0 Å². The van der Waals surface area contributed by atoms with Gasteiger partial charge in [0, 0.05) is 5.97 Å². The molecule has 32 heavy (non-hydrogen) atoms. The molecule has 154 valence electrons. The van der Waals surface area contributed by atoms with Crippen LogP contribution >= 0.6 is 11.8 Å². The number of benzene rings is 3. The van der Waals surface area contributed by atoms with Crippen LogP contribution in [0.4, 0.5) is 5.69 Å². The standard InChI is InChI=1S/C25H20N2O3S.Na/c28-23(29)15-10-17-8-13-21(14-9-17)26-25-27-24(30)22(31-25)16-18-6-11-20(12-7-18)19-4-2-1-3-5-19;/h1-9,11-14,16H,10,15H2,(H,28,29)(H,26,27,30);/q;+1/p-1. The summed E-state index contributed by atoms with van der Waals surface area (Å²) < 4.78 is 0. The van der Waals surface area contributed by atoms with Crippen LogP contribution in [0.2, 0.25) is 0 Å². The minimum Gasteiger partial charge on any atom is -0.550 e. The molecule has 1 saturated heterocycles. The summed E-state index contributed by atoms with van der Waals surface area (Å²) in [5.74, 6) is -1.25. The van der Waals surface area contributed by atoms with Crippen molar-refractivity contribution >= 4 is 40.6 Å². The number of hydrogen-bond donors (Lipinski definition) is 1. The Morgan fingerprint density at radius 2 is 1.59 bits per heavy atom. The summed E-state index contributed by atoms with van der Waals surface area (Å²) in [6.07, 6.45) is 2.25. The number of carboxylic acid groups (broad SMARTS) is 1. The zero-order valence-corrected chi connectivity index (χ0v) is 20.4. The second kappa shape index (κ2) is 11.3. The number of aliphatic carboxylic acids is 1. The molecule has 1 aliphatic rings. The van der Waals surface area contributed by atoms with E-state index in [1.54, 1.807) is 12.1 Å². The van der Waals surface area contributed by atoms with Gasteiger partial charge >= 0.3 is 29.6 Å². The molecule has 1 heterocycles. The molecule has 1 aliphatic heterocycles. The van der Waals surface area contributed by atoms with Crippen LogP contribution in [0.1, 0.15) is 17.5 Å². The van der Waals surface area contributed by atoms with Crippen molar-refractivity contribution < 1.29 is 44.3 Å². The average molecular weight is 450 g/mol. The molecule has 3 aromatic rings. The Balaban J connectivity index is 0.00000289. The summed E-state index contributed by atoms with van der Waals surface area (Å²) in [6, 6.07) is 25.4. The van der Waals surface area contributed by atoms with Gasteiger partial charge in [0.1, 0.15) is 0 Å². The van der Waals surface area contributed by atoms with Gasteiger partial charge in [0.25, 0.3) is 5.91 Å². The van der Waals surface area contributed by atoms with Crippen LogP contribution < -0.4 is 40.0 Å². The molecule has 1 fully saturated rings.